The largest absolute Gasteiger partial charge is 0.494 e. The first-order valence-electron chi connectivity index (χ1n) is 10.3. The summed E-state index contributed by atoms with van der Waals surface area (Å²) in [6.45, 7) is 4.04. The first-order valence-corrected chi connectivity index (χ1v) is 12.5. The number of halogens is 1. The van der Waals surface area contributed by atoms with Gasteiger partial charge in [-0.25, -0.2) is 8.42 Å². The zero-order chi connectivity index (χ0) is 21.4. The Balaban J connectivity index is 1.41. The molecule has 0 unspecified atom stereocenters. The number of sulfonamides is 1. The van der Waals surface area contributed by atoms with Crippen molar-refractivity contribution in [3.8, 4) is 5.75 Å². The minimum absolute atomic E-state index is 0.259. The molecule has 7 heteroatoms. The Morgan fingerprint density at radius 3 is 2.23 bits per heavy atom. The van der Waals surface area contributed by atoms with Gasteiger partial charge in [-0.15, -0.1) is 0 Å². The van der Waals surface area contributed by atoms with Gasteiger partial charge in [0.2, 0.25) is 0 Å². The maximum absolute atomic E-state index is 12.8. The lowest BCUT2D eigenvalue weighted by Gasteiger charge is -2.20. The van der Waals surface area contributed by atoms with Crippen molar-refractivity contribution in [2.24, 2.45) is 0 Å². The Labute approximate surface area is 188 Å². The van der Waals surface area contributed by atoms with Gasteiger partial charge in [0.1, 0.15) is 5.75 Å². The standard InChI is InChI=1S/C23H29BrN2O3S/c1-25(30(27,28)23-14-8-20(24)9-15-23)21-10-12-22(13-11-21)29-19-7-3-2-4-16-26-17-5-6-18-26/h5-6,8-15H,2-4,7,16-19H2,1H3. The average Bonchev–Trinajstić information content (AvgIpc) is 3.27. The van der Waals surface area contributed by atoms with Gasteiger partial charge in [-0.05, 0) is 67.9 Å². The van der Waals surface area contributed by atoms with E-state index in [1.807, 2.05) is 12.1 Å². The van der Waals surface area contributed by atoms with Crippen LogP contribution in [-0.2, 0) is 10.0 Å². The van der Waals surface area contributed by atoms with Crippen LogP contribution >= 0.6 is 15.9 Å². The molecular formula is C23H29BrN2O3S. The summed E-state index contributed by atoms with van der Waals surface area (Å²) in [4.78, 5) is 2.71. The van der Waals surface area contributed by atoms with Gasteiger partial charge >= 0.3 is 0 Å². The summed E-state index contributed by atoms with van der Waals surface area (Å²) in [6.07, 6.45) is 9.10. The summed E-state index contributed by atoms with van der Waals surface area (Å²) < 4.78 is 33.5. The van der Waals surface area contributed by atoms with Crippen LogP contribution in [0.3, 0.4) is 0 Å². The van der Waals surface area contributed by atoms with Gasteiger partial charge in [-0.3, -0.25) is 9.21 Å². The van der Waals surface area contributed by atoms with Crippen molar-refractivity contribution >= 4 is 31.6 Å². The molecule has 1 aliphatic heterocycles. The third kappa shape index (κ3) is 6.33. The second kappa shape index (κ2) is 11.0. The van der Waals surface area contributed by atoms with Crippen LogP contribution in [0.2, 0.25) is 0 Å². The van der Waals surface area contributed by atoms with Gasteiger partial charge in [0.15, 0.2) is 0 Å². The Kier molecular flexibility index (Phi) is 8.36. The number of rotatable bonds is 11. The highest BCUT2D eigenvalue weighted by molar-refractivity contribution is 9.10. The molecule has 0 radical (unpaired) electrons. The number of unbranched alkanes of at least 4 members (excludes halogenated alkanes) is 3. The van der Waals surface area contributed by atoms with Crippen molar-refractivity contribution in [2.75, 3.05) is 37.6 Å². The fourth-order valence-corrected chi connectivity index (χ4v) is 4.80. The molecule has 1 aliphatic rings. The second-order valence-corrected chi connectivity index (χ2v) is 10.3. The Bertz CT molecular complexity index is 920. The summed E-state index contributed by atoms with van der Waals surface area (Å²) in [5, 5.41) is 0. The minimum atomic E-state index is -3.59. The van der Waals surface area contributed by atoms with Gasteiger partial charge < -0.3 is 4.74 Å². The number of hydrogen-bond donors (Lipinski definition) is 0. The molecule has 0 fully saturated rings. The normalized spacial score (nSPS) is 14.2. The maximum Gasteiger partial charge on any atom is 0.264 e. The zero-order valence-corrected chi connectivity index (χ0v) is 19.7. The first-order chi connectivity index (χ1) is 14.5. The lowest BCUT2D eigenvalue weighted by Crippen LogP contribution is -2.26. The molecule has 0 aliphatic carbocycles. The number of hydrogen-bond acceptors (Lipinski definition) is 4. The molecule has 1 heterocycles. The van der Waals surface area contributed by atoms with E-state index in [2.05, 4.69) is 33.0 Å². The summed E-state index contributed by atoms with van der Waals surface area (Å²) in [7, 11) is -2.03. The maximum atomic E-state index is 12.8. The molecule has 0 amide bonds. The van der Waals surface area contributed by atoms with Crippen LogP contribution < -0.4 is 9.04 Å². The molecule has 3 rings (SSSR count). The van der Waals surface area contributed by atoms with Crippen LogP contribution in [0.5, 0.6) is 5.75 Å². The van der Waals surface area contributed by atoms with Gasteiger partial charge in [0.05, 0.1) is 17.2 Å². The van der Waals surface area contributed by atoms with Crippen molar-refractivity contribution in [1.29, 1.82) is 0 Å². The van der Waals surface area contributed by atoms with E-state index in [0.717, 1.165) is 36.2 Å². The van der Waals surface area contributed by atoms with Crippen LogP contribution in [0.1, 0.15) is 25.7 Å². The highest BCUT2D eigenvalue weighted by atomic mass is 79.9. The fraction of sp³-hybridized carbons (Fsp3) is 0.391. The quantitative estimate of drug-likeness (QED) is 0.324. The Hall–Kier alpha value is -1.83. The van der Waals surface area contributed by atoms with Gasteiger partial charge in [0, 0.05) is 24.6 Å². The van der Waals surface area contributed by atoms with Crippen LogP contribution in [0.25, 0.3) is 0 Å². The van der Waals surface area contributed by atoms with E-state index in [1.165, 1.54) is 23.7 Å². The van der Waals surface area contributed by atoms with Crippen LogP contribution in [-0.4, -0.2) is 46.6 Å². The van der Waals surface area contributed by atoms with E-state index in [4.69, 9.17) is 4.74 Å². The van der Waals surface area contributed by atoms with Gasteiger partial charge in [-0.1, -0.05) is 40.9 Å². The molecule has 0 spiro atoms. The highest BCUT2D eigenvalue weighted by Gasteiger charge is 2.21. The minimum Gasteiger partial charge on any atom is -0.494 e. The summed E-state index contributed by atoms with van der Waals surface area (Å²) in [5.74, 6) is 0.760. The van der Waals surface area contributed by atoms with E-state index >= 15 is 0 Å². The summed E-state index contributed by atoms with van der Waals surface area (Å²) in [6, 6.07) is 13.8. The van der Waals surface area contributed by atoms with E-state index in [9.17, 15) is 8.42 Å². The number of anilines is 1. The first kappa shape index (κ1) is 22.8. The summed E-state index contributed by atoms with van der Waals surface area (Å²) in [5.41, 5.74) is 0.599. The average molecular weight is 493 g/mol. The molecule has 2 aromatic carbocycles. The molecule has 0 atom stereocenters. The van der Waals surface area contributed by atoms with E-state index in [-0.39, 0.29) is 4.90 Å². The third-order valence-corrected chi connectivity index (χ3v) is 7.53. The summed E-state index contributed by atoms with van der Waals surface area (Å²) >= 11 is 3.33. The Morgan fingerprint density at radius 2 is 1.57 bits per heavy atom. The number of benzene rings is 2. The van der Waals surface area contributed by atoms with Crippen molar-refractivity contribution in [3.05, 3.63) is 65.2 Å². The SMILES string of the molecule is CN(c1ccc(OCCCCCCN2CC=CC2)cc1)S(=O)(=O)c1ccc(Br)cc1. The van der Waals surface area contributed by atoms with Crippen molar-refractivity contribution < 1.29 is 13.2 Å². The zero-order valence-electron chi connectivity index (χ0n) is 17.3. The fourth-order valence-electron chi connectivity index (χ4n) is 3.34. The highest BCUT2D eigenvalue weighted by Crippen LogP contribution is 2.25. The molecule has 0 N–H and O–H groups in total. The predicted octanol–water partition coefficient (Wildman–Crippen LogP) is 5.09. The third-order valence-electron chi connectivity index (χ3n) is 5.20. The number of nitrogens with zero attached hydrogens (tertiary/aromatic N) is 2. The molecule has 0 saturated carbocycles. The molecule has 162 valence electrons. The Morgan fingerprint density at radius 1 is 0.933 bits per heavy atom. The molecule has 0 saturated heterocycles. The molecule has 0 bridgehead atoms. The predicted molar refractivity (Wildman–Crippen MR) is 126 cm³/mol. The lowest BCUT2D eigenvalue weighted by atomic mass is 10.2. The van der Waals surface area contributed by atoms with E-state index in [0.29, 0.717) is 12.3 Å². The van der Waals surface area contributed by atoms with Crippen molar-refractivity contribution in [2.45, 2.75) is 30.6 Å². The molecule has 0 aromatic heterocycles. The van der Waals surface area contributed by atoms with E-state index < -0.39 is 10.0 Å². The molecule has 2 aromatic rings. The van der Waals surface area contributed by atoms with Crippen molar-refractivity contribution in [1.82, 2.24) is 4.90 Å². The van der Waals surface area contributed by atoms with Crippen LogP contribution in [0.4, 0.5) is 5.69 Å². The molecule has 5 nitrogen and oxygen atoms in total. The molecule has 30 heavy (non-hydrogen) atoms. The van der Waals surface area contributed by atoms with Gasteiger partial charge in [0.25, 0.3) is 10.0 Å². The van der Waals surface area contributed by atoms with Crippen LogP contribution in [0, 0.1) is 0 Å². The van der Waals surface area contributed by atoms with Gasteiger partial charge in [-0.2, -0.15) is 0 Å². The lowest BCUT2D eigenvalue weighted by molar-refractivity contribution is 0.299. The topological polar surface area (TPSA) is 49.9 Å². The van der Waals surface area contributed by atoms with Crippen LogP contribution in [0.15, 0.2) is 70.1 Å². The monoisotopic (exact) mass is 492 g/mol. The van der Waals surface area contributed by atoms with E-state index in [1.54, 1.807) is 43.4 Å². The smallest absolute Gasteiger partial charge is 0.264 e. The van der Waals surface area contributed by atoms with Crippen molar-refractivity contribution in [3.63, 3.8) is 0 Å². The second-order valence-electron chi connectivity index (χ2n) is 7.41. The molecular weight excluding hydrogens is 464 g/mol. The number of ether oxygens (including phenoxy) is 1.